The van der Waals surface area contributed by atoms with Crippen LogP contribution in [0.2, 0.25) is 0 Å². The Balaban J connectivity index is 2.00. The monoisotopic (exact) mass is 286 g/mol. The Morgan fingerprint density at radius 1 is 1.15 bits per heavy atom. The zero-order valence-corrected chi connectivity index (χ0v) is 12.9. The van der Waals surface area contributed by atoms with Gasteiger partial charge in [0, 0.05) is 23.0 Å². The summed E-state index contributed by atoms with van der Waals surface area (Å²) in [5.41, 5.74) is 1.61. The Bertz CT molecular complexity index is 541. The zero-order chi connectivity index (χ0) is 13.8. The second-order valence-corrected chi connectivity index (χ2v) is 6.79. The van der Waals surface area contributed by atoms with Crippen LogP contribution in [0.1, 0.15) is 47.6 Å². The maximum Gasteiger partial charge on any atom is 0.103 e. The summed E-state index contributed by atoms with van der Waals surface area (Å²) in [4.78, 5) is 6.12. The van der Waals surface area contributed by atoms with E-state index in [9.17, 15) is 0 Å². The van der Waals surface area contributed by atoms with Gasteiger partial charge in [-0.05, 0) is 25.5 Å². The van der Waals surface area contributed by atoms with Crippen LogP contribution in [0.3, 0.4) is 0 Å². The molecule has 1 saturated carbocycles. The molecular weight excluding hydrogens is 264 g/mol. The van der Waals surface area contributed by atoms with Gasteiger partial charge >= 0.3 is 0 Å². The molecule has 1 aromatic heterocycles. The largest absolute Gasteiger partial charge is 0.315 e. The Morgan fingerprint density at radius 2 is 1.90 bits per heavy atom. The molecule has 3 rings (SSSR count). The van der Waals surface area contributed by atoms with E-state index < -0.39 is 0 Å². The minimum atomic E-state index is 0.163. The smallest absolute Gasteiger partial charge is 0.103 e. The average Bonchev–Trinajstić information content (AvgIpc) is 2.98. The molecule has 20 heavy (non-hydrogen) atoms. The van der Waals surface area contributed by atoms with E-state index in [1.54, 1.807) is 0 Å². The quantitative estimate of drug-likeness (QED) is 0.915. The van der Waals surface area contributed by atoms with E-state index in [1.165, 1.54) is 47.6 Å². The minimum absolute atomic E-state index is 0.163. The van der Waals surface area contributed by atoms with Crippen LogP contribution in [-0.2, 0) is 12.0 Å². The van der Waals surface area contributed by atoms with E-state index in [-0.39, 0.29) is 5.41 Å². The molecule has 2 aromatic rings. The zero-order valence-electron chi connectivity index (χ0n) is 12.1. The molecule has 0 amide bonds. The lowest BCUT2D eigenvalue weighted by Crippen LogP contribution is -2.30. The highest BCUT2D eigenvalue weighted by Gasteiger charge is 2.38. The molecule has 0 radical (unpaired) electrons. The van der Waals surface area contributed by atoms with Crippen LogP contribution in [0.25, 0.3) is 0 Å². The fraction of sp³-hybridized carbons (Fsp3) is 0.471. The maximum atomic E-state index is 4.79. The summed E-state index contributed by atoms with van der Waals surface area (Å²) in [7, 11) is 1.99. The number of benzene rings is 1. The van der Waals surface area contributed by atoms with E-state index in [0.717, 1.165) is 6.54 Å². The predicted octanol–water partition coefficient (Wildman–Crippen LogP) is 4.11. The van der Waals surface area contributed by atoms with Crippen molar-refractivity contribution >= 4 is 11.3 Å². The van der Waals surface area contributed by atoms with E-state index in [4.69, 9.17) is 4.98 Å². The van der Waals surface area contributed by atoms with Crippen LogP contribution >= 0.6 is 11.3 Å². The van der Waals surface area contributed by atoms with Gasteiger partial charge in [0.25, 0.3) is 0 Å². The molecule has 1 aromatic carbocycles. The first kappa shape index (κ1) is 13.8. The van der Waals surface area contributed by atoms with Crippen molar-refractivity contribution in [2.24, 2.45) is 0 Å². The van der Waals surface area contributed by atoms with Gasteiger partial charge in [-0.15, -0.1) is 11.3 Å². The van der Waals surface area contributed by atoms with Gasteiger partial charge in [-0.25, -0.2) is 4.98 Å². The predicted molar refractivity (Wildman–Crippen MR) is 85.2 cm³/mol. The first-order chi connectivity index (χ1) is 9.85. The molecule has 0 spiro atoms. The summed E-state index contributed by atoms with van der Waals surface area (Å²) in [6, 6.07) is 11.0. The van der Waals surface area contributed by atoms with Crippen LogP contribution < -0.4 is 5.32 Å². The molecule has 2 nitrogen and oxygen atoms in total. The van der Waals surface area contributed by atoms with Crippen molar-refractivity contribution in [3.63, 3.8) is 0 Å². The SMILES string of the molecule is CNCc1cnc(C2(c3ccccc3)CCCCC2)s1. The van der Waals surface area contributed by atoms with Gasteiger partial charge in [-0.2, -0.15) is 0 Å². The number of hydrogen-bond donors (Lipinski definition) is 1. The van der Waals surface area contributed by atoms with Crippen molar-refractivity contribution in [3.8, 4) is 0 Å². The van der Waals surface area contributed by atoms with Gasteiger partial charge in [-0.1, -0.05) is 49.6 Å². The highest BCUT2D eigenvalue weighted by Crippen LogP contribution is 2.46. The summed E-state index contributed by atoms with van der Waals surface area (Å²) in [5.74, 6) is 0. The van der Waals surface area contributed by atoms with E-state index in [2.05, 4.69) is 41.8 Å². The Labute approximate surface area is 125 Å². The summed E-state index contributed by atoms with van der Waals surface area (Å²) >= 11 is 1.88. The fourth-order valence-corrected chi connectivity index (χ4v) is 4.52. The molecule has 1 aliphatic carbocycles. The third-order valence-corrected chi connectivity index (χ3v) is 5.55. The number of thiazole rings is 1. The van der Waals surface area contributed by atoms with Gasteiger partial charge in [0.1, 0.15) is 5.01 Å². The Kier molecular flexibility index (Phi) is 4.18. The number of nitrogens with one attached hydrogen (secondary N) is 1. The second kappa shape index (κ2) is 6.06. The summed E-state index contributed by atoms with van der Waals surface area (Å²) in [5, 5.41) is 4.54. The first-order valence-electron chi connectivity index (χ1n) is 7.50. The van der Waals surface area contributed by atoms with Crippen molar-refractivity contribution in [2.75, 3.05) is 7.05 Å². The van der Waals surface area contributed by atoms with Gasteiger partial charge in [0.2, 0.25) is 0 Å². The second-order valence-electron chi connectivity index (χ2n) is 5.67. The third-order valence-electron chi connectivity index (χ3n) is 4.35. The van der Waals surface area contributed by atoms with E-state index >= 15 is 0 Å². The van der Waals surface area contributed by atoms with Gasteiger partial charge < -0.3 is 5.32 Å². The van der Waals surface area contributed by atoms with Crippen molar-refractivity contribution < 1.29 is 0 Å². The molecule has 0 aliphatic heterocycles. The van der Waals surface area contributed by atoms with Crippen molar-refractivity contribution in [2.45, 2.75) is 44.1 Å². The molecular formula is C17H22N2S. The molecule has 1 aliphatic rings. The molecule has 0 bridgehead atoms. The fourth-order valence-electron chi connectivity index (χ4n) is 3.32. The van der Waals surface area contributed by atoms with Crippen LogP contribution in [0, 0.1) is 0 Å². The lowest BCUT2D eigenvalue weighted by atomic mass is 9.70. The van der Waals surface area contributed by atoms with Crippen molar-refractivity contribution in [1.82, 2.24) is 10.3 Å². The molecule has 1 heterocycles. The van der Waals surface area contributed by atoms with E-state index in [0.29, 0.717) is 0 Å². The summed E-state index contributed by atoms with van der Waals surface area (Å²) in [6.45, 7) is 0.919. The molecule has 0 atom stereocenters. The molecule has 1 N–H and O–H groups in total. The van der Waals surface area contributed by atoms with Gasteiger partial charge in [0.15, 0.2) is 0 Å². The minimum Gasteiger partial charge on any atom is -0.315 e. The topological polar surface area (TPSA) is 24.9 Å². The number of nitrogens with zero attached hydrogens (tertiary/aromatic N) is 1. The number of rotatable bonds is 4. The highest BCUT2D eigenvalue weighted by atomic mass is 32.1. The highest BCUT2D eigenvalue weighted by molar-refractivity contribution is 7.11. The van der Waals surface area contributed by atoms with Crippen LogP contribution in [0.5, 0.6) is 0 Å². The van der Waals surface area contributed by atoms with Crippen LogP contribution in [0.4, 0.5) is 0 Å². The number of aromatic nitrogens is 1. The molecule has 0 unspecified atom stereocenters. The summed E-state index contributed by atoms with van der Waals surface area (Å²) in [6.07, 6.45) is 8.53. The van der Waals surface area contributed by atoms with Crippen LogP contribution in [0.15, 0.2) is 36.5 Å². The standard InChI is InChI=1S/C17H22N2S/c1-18-12-15-13-19-16(20-15)17(10-6-3-7-11-17)14-8-4-2-5-9-14/h2,4-5,8-9,13,18H,3,6-7,10-12H2,1H3. The Morgan fingerprint density at radius 3 is 2.60 bits per heavy atom. The lowest BCUT2D eigenvalue weighted by molar-refractivity contribution is 0.345. The third kappa shape index (κ3) is 2.52. The molecule has 1 fully saturated rings. The van der Waals surface area contributed by atoms with Crippen molar-refractivity contribution in [1.29, 1.82) is 0 Å². The lowest BCUT2D eigenvalue weighted by Gasteiger charge is -2.36. The average molecular weight is 286 g/mol. The normalized spacial score (nSPS) is 18.1. The summed E-state index contributed by atoms with van der Waals surface area (Å²) < 4.78 is 0. The first-order valence-corrected chi connectivity index (χ1v) is 8.32. The maximum absolute atomic E-state index is 4.79. The van der Waals surface area contributed by atoms with Crippen molar-refractivity contribution in [3.05, 3.63) is 52.0 Å². The van der Waals surface area contributed by atoms with Crippen LogP contribution in [-0.4, -0.2) is 12.0 Å². The van der Waals surface area contributed by atoms with Gasteiger partial charge in [0.05, 0.1) is 0 Å². The Hall–Kier alpha value is -1.19. The molecule has 0 saturated heterocycles. The molecule has 106 valence electrons. The van der Waals surface area contributed by atoms with Gasteiger partial charge in [-0.3, -0.25) is 0 Å². The molecule has 3 heteroatoms. The van der Waals surface area contributed by atoms with E-state index in [1.807, 2.05) is 18.4 Å². The number of hydrogen-bond acceptors (Lipinski definition) is 3.